The first-order valence-corrected chi connectivity index (χ1v) is 10.2. The number of piperidine rings is 1. The van der Waals surface area contributed by atoms with Crippen molar-refractivity contribution in [2.24, 2.45) is 0 Å². The van der Waals surface area contributed by atoms with Gasteiger partial charge < -0.3 is 14.9 Å². The van der Waals surface area contributed by atoms with Crippen molar-refractivity contribution in [1.29, 1.82) is 0 Å². The van der Waals surface area contributed by atoms with Crippen LogP contribution in [0.2, 0.25) is 0 Å². The topological polar surface area (TPSA) is 86.6 Å². The van der Waals surface area contributed by atoms with E-state index in [9.17, 15) is 14.7 Å². The van der Waals surface area contributed by atoms with Crippen molar-refractivity contribution in [2.45, 2.75) is 68.2 Å². The second kappa shape index (κ2) is 5.91. The number of carboxylic acid groups (broad SMARTS) is 1. The molecule has 2 aliphatic carbocycles. The number of rotatable bonds is 3. The maximum atomic E-state index is 13.6. The molecule has 0 radical (unpaired) electrons. The summed E-state index contributed by atoms with van der Waals surface area (Å²) in [4.78, 5) is 37.5. The second-order valence-electron chi connectivity index (χ2n) is 8.74. The Labute approximate surface area is 158 Å². The fourth-order valence-corrected chi connectivity index (χ4v) is 5.04. The van der Waals surface area contributed by atoms with Gasteiger partial charge in [0, 0.05) is 49.0 Å². The summed E-state index contributed by atoms with van der Waals surface area (Å²) in [5.41, 5.74) is 0.360. The number of aromatic nitrogens is 2. The summed E-state index contributed by atoms with van der Waals surface area (Å²) in [6, 6.07) is 0. The number of carbonyl (C=O) groups excluding carboxylic acids is 1. The van der Waals surface area contributed by atoms with Crippen molar-refractivity contribution in [2.75, 3.05) is 19.6 Å². The first kappa shape index (κ1) is 17.0. The van der Waals surface area contributed by atoms with Gasteiger partial charge in [0.25, 0.3) is 0 Å². The molecular formula is C20H26N4O3. The van der Waals surface area contributed by atoms with E-state index < -0.39 is 11.5 Å². The van der Waals surface area contributed by atoms with Crippen molar-refractivity contribution < 1.29 is 14.7 Å². The van der Waals surface area contributed by atoms with Crippen LogP contribution in [-0.4, -0.2) is 62.0 Å². The number of carbonyl (C=O) groups is 2. The van der Waals surface area contributed by atoms with Gasteiger partial charge in [0.05, 0.1) is 5.41 Å². The first-order valence-electron chi connectivity index (χ1n) is 10.2. The maximum Gasteiger partial charge on any atom is 0.407 e. The lowest BCUT2D eigenvalue weighted by atomic mass is 9.83. The molecule has 2 saturated heterocycles. The third kappa shape index (κ3) is 2.70. The molecule has 144 valence electrons. The monoisotopic (exact) mass is 370 g/mol. The standard InChI is InChI=1S/C20H26N4O3/c25-17(20(5-6-20)15-12-21-16(22-13-15)14-2-3-14)24-9-1-4-19(24)7-10-23(11-8-19)18(26)27/h12-14H,1-11H2,(H,26,27). The Morgan fingerprint density at radius 1 is 1.00 bits per heavy atom. The minimum atomic E-state index is -0.854. The van der Waals surface area contributed by atoms with Crippen LogP contribution in [0.25, 0.3) is 0 Å². The van der Waals surface area contributed by atoms with Crippen molar-refractivity contribution in [1.82, 2.24) is 19.8 Å². The lowest BCUT2D eigenvalue weighted by Gasteiger charge is -2.45. The zero-order valence-electron chi connectivity index (χ0n) is 15.6. The van der Waals surface area contributed by atoms with E-state index in [2.05, 4.69) is 14.9 Å². The largest absolute Gasteiger partial charge is 0.465 e. The van der Waals surface area contributed by atoms with E-state index in [4.69, 9.17) is 0 Å². The predicted molar refractivity (Wildman–Crippen MR) is 97.4 cm³/mol. The van der Waals surface area contributed by atoms with E-state index in [1.807, 2.05) is 12.4 Å². The number of amides is 2. The van der Waals surface area contributed by atoms with Gasteiger partial charge in [-0.2, -0.15) is 0 Å². The summed E-state index contributed by atoms with van der Waals surface area (Å²) < 4.78 is 0. The van der Waals surface area contributed by atoms with Gasteiger partial charge >= 0.3 is 6.09 Å². The Balaban J connectivity index is 1.35. The summed E-state index contributed by atoms with van der Waals surface area (Å²) in [5, 5.41) is 9.23. The van der Waals surface area contributed by atoms with Crippen LogP contribution in [0.1, 0.15) is 68.7 Å². The van der Waals surface area contributed by atoms with Gasteiger partial charge in [-0.3, -0.25) is 4.79 Å². The van der Waals surface area contributed by atoms with Crippen molar-refractivity contribution >= 4 is 12.0 Å². The molecule has 3 heterocycles. The molecular weight excluding hydrogens is 344 g/mol. The third-order valence-corrected chi connectivity index (χ3v) is 7.13. The molecule has 0 unspecified atom stereocenters. The summed E-state index contributed by atoms with van der Waals surface area (Å²) in [7, 11) is 0. The number of hydrogen-bond donors (Lipinski definition) is 1. The molecule has 1 N–H and O–H groups in total. The molecule has 7 nitrogen and oxygen atoms in total. The van der Waals surface area contributed by atoms with E-state index in [1.165, 1.54) is 17.7 Å². The smallest absolute Gasteiger partial charge is 0.407 e. The molecule has 0 aromatic carbocycles. The fraction of sp³-hybridized carbons (Fsp3) is 0.700. The zero-order valence-corrected chi connectivity index (χ0v) is 15.6. The molecule has 0 atom stereocenters. The lowest BCUT2D eigenvalue weighted by Crippen LogP contribution is -2.56. The normalized spacial score (nSPS) is 25.6. The van der Waals surface area contributed by atoms with Gasteiger partial charge in [-0.1, -0.05) is 0 Å². The highest BCUT2D eigenvalue weighted by atomic mass is 16.4. The Bertz CT molecular complexity index is 762. The summed E-state index contributed by atoms with van der Waals surface area (Å²) in [6.45, 7) is 1.82. The molecule has 4 aliphatic rings. The Morgan fingerprint density at radius 2 is 1.67 bits per heavy atom. The molecule has 2 saturated carbocycles. The van der Waals surface area contributed by atoms with Crippen LogP contribution < -0.4 is 0 Å². The van der Waals surface area contributed by atoms with Crippen LogP contribution >= 0.6 is 0 Å². The predicted octanol–water partition coefficient (Wildman–Crippen LogP) is 2.52. The van der Waals surface area contributed by atoms with Crippen LogP contribution in [0, 0.1) is 0 Å². The van der Waals surface area contributed by atoms with Gasteiger partial charge in [-0.05, 0) is 51.4 Å². The molecule has 2 amide bonds. The van der Waals surface area contributed by atoms with Gasteiger partial charge in [0.2, 0.25) is 5.91 Å². The van der Waals surface area contributed by atoms with E-state index in [-0.39, 0.29) is 11.4 Å². The molecule has 7 heteroatoms. The lowest BCUT2D eigenvalue weighted by molar-refractivity contribution is -0.139. The van der Waals surface area contributed by atoms with Crippen LogP contribution in [0.15, 0.2) is 12.4 Å². The molecule has 1 aromatic rings. The minimum Gasteiger partial charge on any atom is -0.465 e. The molecule has 1 aromatic heterocycles. The van der Waals surface area contributed by atoms with Gasteiger partial charge in [0.15, 0.2) is 0 Å². The van der Waals surface area contributed by atoms with Crippen molar-refractivity contribution in [3.05, 3.63) is 23.8 Å². The molecule has 27 heavy (non-hydrogen) atoms. The summed E-state index contributed by atoms with van der Waals surface area (Å²) in [5.74, 6) is 1.65. The highest BCUT2D eigenvalue weighted by Crippen LogP contribution is 2.52. The third-order valence-electron chi connectivity index (χ3n) is 7.13. The van der Waals surface area contributed by atoms with E-state index in [0.29, 0.717) is 19.0 Å². The quantitative estimate of drug-likeness (QED) is 0.883. The average Bonchev–Trinajstić information content (AvgIpc) is 3.60. The highest BCUT2D eigenvalue weighted by molar-refractivity contribution is 5.92. The van der Waals surface area contributed by atoms with Crippen molar-refractivity contribution in [3.63, 3.8) is 0 Å². The van der Waals surface area contributed by atoms with Crippen LogP contribution in [0.3, 0.4) is 0 Å². The van der Waals surface area contributed by atoms with Crippen LogP contribution in [0.4, 0.5) is 4.79 Å². The van der Waals surface area contributed by atoms with Crippen molar-refractivity contribution in [3.8, 4) is 0 Å². The number of hydrogen-bond acceptors (Lipinski definition) is 4. The summed E-state index contributed by atoms with van der Waals surface area (Å²) >= 11 is 0. The molecule has 1 spiro atoms. The summed E-state index contributed by atoms with van der Waals surface area (Å²) in [6.07, 6.45) is 10.5. The first-order chi connectivity index (χ1) is 13.0. The Kier molecular flexibility index (Phi) is 3.71. The second-order valence-corrected chi connectivity index (χ2v) is 8.74. The molecule has 0 bridgehead atoms. The van der Waals surface area contributed by atoms with Gasteiger partial charge in [0.1, 0.15) is 5.82 Å². The number of nitrogens with zero attached hydrogens (tertiary/aromatic N) is 4. The zero-order chi connectivity index (χ0) is 18.6. The van der Waals surface area contributed by atoms with Crippen LogP contribution in [-0.2, 0) is 10.2 Å². The Morgan fingerprint density at radius 3 is 2.22 bits per heavy atom. The minimum absolute atomic E-state index is 0.159. The van der Waals surface area contributed by atoms with Crippen LogP contribution in [0.5, 0.6) is 0 Å². The van der Waals surface area contributed by atoms with E-state index >= 15 is 0 Å². The maximum absolute atomic E-state index is 13.6. The SMILES string of the molecule is O=C(O)N1CCC2(CCCN2C(=O)C2(c3cnc(C4CC4)nc3)CC2)CC1. The molecule has 5 rings (SSSR count). The molecule has 2 aliphatic heterocycles. The van der Waals surface area contributed by atoms with Gasteiger partial charge in [-0.25, -0.2) is 14.8 Å². The average molecular weight is 370 g/mol. The highest BCUT2D eigenvalue weighted by Gasteiger charge is 2.58. The Hall–Kier alpha value is -2.18. The molecule has 4 fully saturated rings. The fourth-order valence-electron chi connectivity index (χ4n) is 5.04. The van der Waals surface area contributed by atoms with E-state index in [0.717, 1.165) is 56.5 Å². The number of likely N-dealkylation sites (tertiary alicyclic amines) is 2. The van der Waals surface area contributed by atoms with Gasteiger partial charge in [-0.15, -0.1) is 0 Å². The van der Waals surface area contributed by atoms with E-state index in [1.54, 1.807) is 0 Å².